The Kier molecular flexibility index (Phi) is 4.55. The zero-order chi connectivity index (χ0) is 14.4. The summed E-state index contributed by atoms with van der Waals surface area (Å²) in [5, 5.41) is 5.76. The number of aromatic nitrogens is 1. The number of pyridine rings is 1. The van der Waals surface area contributed by atoms with Crippen molar-refractivity contribution >= 4 is 11.7 Å². The van der Waals surface area contributed by atoms with Gasteiger partial charge in [-0.05, 0) is 29.8 Å². The molecule has 0 bridgehead atoms. The fourth-order valence-corrected chi connectivity index (χ4v) is 1.70. The zero-order valence-electron chi connectivity index (χ0n) is 11.5. The van der Waals surface area contributed by atoms with Gasteiger partial charge in [-0.3, -0.25) is 4.79 Å². The molecule has 0 aliphatic carbocycles. The van der Waals surface area contributed by atoms with Crippen LogP contribution in [-0.2, 0) is 6.54 Å². The van der Waals surface area contributed by atoms with Gasteiger partial charge in [-0.25, -0.2) is 4.98 Å². The van der Waals surface area contributed by atoms with Crippen LogP contribution in [0.2, 0.25) is 0 Å². The minimum absolute atomic E-state index is 0.143. The van der Waals surface area contributed by atoms with E-state index in [1.165, 1.54) is 0 Å². The summed E-state index contributed by atoms with van der Waals surface area (Å²) < 4.78 is 5.08. The van der Waals surface area contributed by atoms with E-state index in [1.807, 2.05) is 24.3 Å². The Hall–Kier alpha value is -2.56. The molecule has 2 N–H and O–H groups in total. The van der Waals surface area contributed by atoms with E-state index in [0.29, 0.717) is 12.1 Å². The van der Waals surface area contributed by atoms with Crippen LogP contribution >= 0.6 is 0 Å². The summed E-state index contributed by atoms with van der Waals surface area (Å²) in [6.45, 7) is 0.469. The predicted octanol–water partition coefficient (Wildman–Crippen LogP) is 2.06. The molecule has 104 valence electrons. The first-order valence-corrected chi connectivity index (χ1v) is 6.28. The van der Waals surface area contributed by atoms with Crippen LogP contribution in [-0.4, -0.2) is 25.0 Å². The lowest BCUT2D eigenvalue weighted by atomic mass is 10.2. The van der Waals surface area contributed by atoms with Gasteiger partial charge in [-0.1, -0.05) is 12.1 Å². The maximum Gasteiger partial charge on any atom is 0.253 e. The second-order valence-electron chi connectivity index (χ2n) is 4.21. The molecule has 0 atom stereocenters. The molecule has 5 heteroatoms. The van der Waals surface area contributed by atoms with E-state index < -0.39 is 0 Å². The summed E-state index contributed by atoms with van der Waals surface area (Å²) in [7, 11) is 3.41. The van der Waals surface area contributed by atoms with Crippen molar-refractivity contribution in [2.75, 3.05) is 19.5 Å². The first kappa shape index (κ1) is 13.9. The van der Waals surface area contributed by atoms with Crippen molar-refractivity contribution in [3.05, 3.63) is 53.7 Å². The highest BCUT2D eigenvalue weighted by molar-refractivity contribution is 5.93. The van der Waals surface area contributed by atoms with Crippen molar-refractivity contribution in [2.24, 2.45) is 0 Å². The summed E-state index contributed by atoms with van der Waals surface area (Å²) in [5.74, 6) is 1.39. The van der Waals surface area contributed by atoms with Gasteiger partial charge < -0.3 is 15.4 Å². The topological polar surface area (TPSA) is 63.2 Å². The van der Waals surface area contributed by atoms with Gasteiger partial charge in [0, 0.05) is 19.8 Å². The van der Waals surface area contributed by atoms with E-state index >= 15 is 0 Å². The summed E-state index contributed by atoms with van der Waals surface area (Å²) in [5.41, 5.74) is 1.55. The third-order valence-corrected chi connectivity index (χ3v) is 2.89. The quantitative estimate of drug-likeness (QED) is 0.873. The van der Waals surface area contributed by atoms with Crippen LogP contribution in [0.3, 0.4) is 0 Å². The number of ether oxygens (including phenoxy) is 1. The summed E-state index contributed by atoms with van der Waals surface area (Å²) >= 11 is 0. The third kappa shape index (κ3) is 3.47. The third-order valence-electron chi connectivity index (χ3n) is 2.89. The van der Waals surface area contributed by atoms with E-state index in [-0.39, 0.29) is 5.91 Å². The lowest BCUT2D eigenvalue weighted by molar-refractivity contribution is 0.0950. The van der Waals surface area contributed by atoms with E-state index in [2.05, 4.69) is 15.6 Å². The molecule has 0 fully saturated rings. The molecule has 2 aromatic rings. The minimum atomic E-state index is -0.143. The lowest BCUT2D eigenvalue weighted by Gasteiger charge is -2.07. The maximum atomic E-state index is 11.9. The molecule has 1 aromatic carbocycles. The standard InChI is InChI=1S/C15H17N3O2/c1-16-14-8-5-12(10-17-14)15(19)18-9-11-3-6-13(20-2)7-4-11/h3-8,10H,9H2,1-2H3,(H,16,17)(H,18,19). The minimum Gasteiger partial charge on any atom is -0.497 e. The van der Waals surface area contributed by atoms with Crippen LogP contribution in [0.5, 0.6) is 5.75 Å². The van der Waals surface area contributed by atoms with Gasteiger partial charge in [0.15, 0.2) is 0 Å². The van der Waals surface area contributed by atoms with Crippen LogP contribution in [0.4, 0.5) is 5.82 Å². The van der Waals surface area contributed by atoms with Crippen molar-refractivity contribution in [1.29, 1.82) is 0 Å². The number of carbonyl (C=O) groups is 1. The number of hydrogen-bond donors (Lipinski definition) is 2. The normalized spacial score (nSPS) is 9.90. The summed E-state index contributed by atoms with van der Waals surface area (Å²) in [4.78, 5) is 16.1. The SMILES string of the molecule is CNc1ccc(C(=O)NCc2ccc(OC)cc2)cn1. The zero-order valence-corrected chi connectivity index (χ0v) is 11.5. The maximum absolute atomic E-state index is 11.9. The van der Waals surface area contributed by atoms with Gasteiger partial charge in [-0.15, -0.1) is 0 Å². The van der Waals surface area contributed by atoms with Crippen LogP contribution in [0.25, 0.3) is 0 Å². The molecule has 5 nitrogen and oxygen atoms in total. The Morgan fingerprint density at radius 2 is 1.95 bits per heavy atom. The molecule has 0 unspecified atom stereocenters. The number of hydrogen-bond acceptors (Lipinski definition) is 4. The number of nitrogens with one attached hydrogen (secondary N) is 2. The predicted molar refractivity (Wildman–Crippen MR) is 77.9 cm³/mol. The summed E-state index contributed by atoms with van der Waals surface area (Å²) in [6.07, 6.45) is 1.55. The monoisotopic (exact) mass is 271 g/mol. The van der Waals surface area contributed by atoms with Gasteiger partial charge in [-0.2, -0.15) is 0 Å². The highest BCUT2D eigenvalue weighted by Crippen LogP contribution is 2.11. The number of rotatable bonds is 5. The van der Waals surface area contributed by atoms with Crippen molar-refractivity contribution in [3.63, 3.8) is 0 Å². The molecule has 20 heavy (non-hydrogen) atoms. The Morgan fingerprint density at radius 3 is 2.50 bits per heavy atom. The van der Waals surface area contributed by atoms with Crippen molar-refractivity contribution < 1.29 is 9.53 Å². The number of carbonyl (C=O) groups excluding carboxylic acids is 1. The fourth-order valence-electron chi connectivity index (χ4n) is 1.70. The highest BCUT2D eigenvalue weighted by Gasteiger charge is 2.05. The van der Waals surface area contributed by atoms with Gasteiger partial charge in [0.25, 0.3) is 5.91 Å². The number of methoxy groups -OCH3 is 1. The van der Waals surface area contributed by atoms with E-state index in [9.17, 15) is 4.79 Å². The molecular weight excluding hydrogens is 254 g/mol. The second-order valence-corrected chi connectivity index (χ2v) is 4.21. The second kappa shape index (κ2) is 6.56. The molecular formula is C15H17N3O2. The molecule has 0 spiro atoms. The van der Waals surface area contributed by atoms with Crippen molar-refractivity contribution in [1.82, 2.24) is 10.3 Å². The molecule has 1 heterocycles. The Labute approximate surface area is 118 Å². The average Bonchev–Trinajstić information content (AvgIpc) is 2.53. The van der Waals surface area contributed by atoms with E-state index in [0.717, 1.165) is 17.1 Å². The smallest absolute Gasteiger partial charge is 0.253 e. The molecule has 1 aromatic heterocycles. The van der Waals surface area contributed by atoms with E-state index in [4.69, 9.17) is 4.74 Å². The molecule has 0 radical (unpaired) electrons. The molecule has 0 saturated carbocycles. The average molecular weight is 271 g/mol. The molecule has 0 saturated heterocycles. The largest absolute Gasteiger partial charge is 0.497 e. The first-order chi connectivity index (χ1) is 9.72. The number of anilines is 1. The fraction of sp³-hybridized carbons (Fsp3) is 0.200. The van der Waals surface area contributed by atoms with Crippen molar-refractivity contribution in [2.45, 2.75) is 6.54 Å². The number of nitrogens with zero attached hydrogens (tertiary/aromatic N) is 1. The van der Waals surface area contributed by atoms with Crippen LogP contribution < -0.4 is 15.4 Å². The van der Waals surface area contributed by atoms with Crippen LogP contribution in [0.1, 0.15) is 15.9 Å². The van der Waals surface area contributed by atoms with Gasteiger partial charge in [0.05, 0.1) is 12.7 Å². The van der Waals surface area contributed by atoms with Gasteiger partial charge in [0.2, 0.25) is 0 Å². The number of amides is 1. The Bertz CT molecular complexity index is 565. The Balaban J connectivity index is 1.93. The number of benzene rings is 1. The molecule has 0 aliphatic heterocycles. The van der Waals surface area contributed by atoms with Gasteiger partial charge in [0.1, 0.15) is 11.6 Å². The van der Waals surface area contributed by atoms with E-state index in [1.54, 1.807) is 32.5 Å². The van der Waals surface area contributed by atoms with Crippen LogP contribution in [0.15, 0.2) is 42.6 Å². The van der Waals surface area contributed by atoms with Gasteiger partial charge >= 0.3 is 0 Å². The first-order valence-electron chi connectivity index (χ1n) is 6.28. The molecule has 0 aliphatic rings. The molecule has 2 rings (SSSR count). The highest BCUT2D eigenvalue weighted by atomic mass is 16.5. The van der Waals surface area contributed by atoms with Crippen molar-refractivity contribution in [3.8, 4) is 5.75 Å². The Morgan fingerprint density at radius 1 is 1.20 bits per heavy atom. The lowest BCUT2D eigenvalue weighted by Crippen LogP contribution is -2.22. The molecule has 1 amide bonds. The van der Waals surface area contributed by atoms with Crippen LogP contribution in [0, 0.1) is 0 Å². The summed E-state index contributed by atoms with van der Waals surface area (Å²) in [6, 6.07) is 11.1.